The van der Waals surface area contributed by atoms with E-state index in [2.05, 4.69) is 21.0 Å². The van der Waals surface area contributed by atoms with Gasteiger partial charge < -0.3 is 4.90 Å². The third-order valence-corrected chi connectivity index (χ3v) is 4.42. The van der Waals surface area contributed by atoms with E-state index < -0.39 is 0 Å². The molecule has 0 saturated carbocycles. The number of benzene rings is 1. The van der Waals surface area contributed by atoms with Crippen LogP contribution in [0.15, 0.2) is 42.7 Å². The molecule has 0 N–H and O–H groups in total. The molecule has 0 atom stereocenters. The first kappa shape index (κ1) is 13.6. The van der Waals surface area contributed by atoms with Crippen LogP contribution in [0.1, 0.15) is 19.3 Å². The van der Waals surface area contributed by atoms with Crippen molar-refractivity contribution in [2.45, 2.75) is 19.3 Å². The second-order valence-electron chi connectivity index (χ2n) is 5.66. The van der Waals surface area contributed by atoms with Crippen molar-refractivity contribution < 1.29 is 0 Å². The molecule has 1 fully saturated rings. The van der Waals surface area contributed by atoms with Crippen molar-refractivity contribution in [3.05, 3.63) is 47.7 Å². The second kappa shape index (κ2) is 5.61. The predicted molar refractivity (Wildman–Crippen MR) is 89.5 cm³/mol. The van der Waals surface area contributed by atoms with Crippen LogP contribution in [0, 0.1) is 0 Å². The Hall–Kier alpha value is -2.07. The Labute approximate surface area is 134 Å². The normalized spacial score (nSPS) is 15.4. The van der Waals surface area contributed by atoms with Gasteiger partial charge in [0, 0.05) is 36.1 Å². The average molecular weight is 313 g/mol. The molecule has 5 heteroatoms. The van der Waals surface area contributed by atoms with Gasteiger partial charge in [-0.3, -0.25) is 0 Å². The highest BCUT2D eigenvalue weighted by molar-refractivity contribution is 6.30. The molecule has 2 aromatic heterocycles. The number of halogens is 1. The maximum atomic E-state index is 5.96. The number of anilines is 1. The van der Waals surface area contributed by atoms with Crippen LogP contribution in [-0.2, 0) is 0 Å². The zero-order chi connectivity index (χ0) is 14.9. The number of piperidine rings is 1. The highest BCUT2D eigenvalue weighted by Gasteiger charge is 2.16. The molecule has 3 aromatic rings. The zero-order valence-electron chi connectivity index (χ0n) is 12.2. The largest absolute Gasteiger partial charge is 0.355 e. The molecular formula is C17H17ClN4. The van der Waals surface area contributed by atoms with Crippen LogP contribution in [0.3, 0.4) is 0 Å². The third-order valence-electron chi connectivity index (χ3n) is 4.17. The van der Waals surface area contributed by atoms with Gasteiger partial charge in [0.15, 0.2) is 5.82 Å². The van der Waals surface area contributed by atoms with E-state index >= 15 is 0 Å². The molecule has 1 aromatic carbocycles. The fourth-order valence-electron chi connectivity index (χ4n) is 3.02. The lowest BCUT2D eigenvalue weighted by Crippen LogP contribution is -2.30. The van der Waals surface area contributed by atoms with Crippen LogP contribution >= 0.6 is 11.6 Å². The van der Waals surface area contributed by atoms with E-state index in [1.54, 1.807) is 0 Å². The highest BCUT2D eigenvalue weighted by Crippen LogP contribution is 2.27. The van der Waals surface area contributed by atoms with Crippen LogP contribution in [-0.4, -0.2) is 27.7 Å². The lowest BCUT2D eigenvalue weighted by Gasteiger charge is -2.27. The van der Waals surface area contributed by atoms with E-state index in [0.717, 1.165) is 40.7 Å². The molecule has 1 saturated heterocycles. The average Bonchev–Trinajstić information content (AvgIpc) is 3.00. The number of hydrogen-bond acceptors (Lipinski definition) is 3. The van der Waals surface area contributed by atoms with Gasteiger partial charge in [0.1, 0.15) is 5.52 Å². The van der Waals surface area contributed by atoms with Crippen molar-refractivity contribution in [2.75, 3.05) is 18.0 Å². The highest BCUT2D eigenvalue weighted by atomic mass is 35.5. The Morgan fingerprint density at radius 1 is 1.00 bits per heavy atom. The fraction of sp³-hybridized carbons (Fsp3) is 0.294. The number of aromatic nitrogens is 3. The zero-order valence-corrected chi connectivity index (χ0v) is 13.0. The molecule has 3 heterocycles. The molecule has 4 nitrogen and oxygen atoms in total. The SMILES string of the molecule is Clc1ccc(-c2cc3c(N4CCCCC4)nccn3n2)cc1. The van der Waals surface area contributed by atoms with Crippen molar-refractivity contribution >= 4 is 22.9 Å². The number of fused-ring (bicyclic) bond motifs is 1. The van der Waals surface area contributed by atoms with Gasteiger partial charge in [-0.1, -0.05) is 23.7 Å². The summed E-state index contributed by atoms with van der Waals surface area (Å²) in [5, 5.41) is 5.41. The van der Waals surface area contributed by atoms with Gasteiger partial charge in [-0.05, 0) is 37.5 Å². The molecule has 0 bridgehead atoms. The number of hydrogen-bond donors (Lipinski definition) is 0. The summed E-state index contributed by atoms with van der Waals surface area (Å²) in [4.78, 5) is 6.96. The van der Waals surface area contributed by atoms with Gasteiger partial charge in [0.05, 0.1) is 5.69 Å². The maximum absolute atomic E-state index is 5.96. The minimum absolute atomic E-state index is 0.739. The molecule has 22 heavy (non-hydrogen) atoms. The molecule has 0 spiro atoms. The molecular weight excluding hydrogens is 296 g/mol. The smallest absolute Gasteiger partial charge is 0.154 e. The summed E-state index contributed by atoms with van der Waals surface area (Å²) in [6, 6.07) is 9.89. The fourth-order valence-corrected chi connectivity index (χ4v) is 3.15. The predicted octanol–water partition coefficient (Wildman–Crippen LogP) is 4.04. The molecule has 0 aliphatic carbocycles. The van der Waals surface area contributed by atoms with Crippen LogP contribution < -0.4 is 4.90 Å². The minimum atomic E-state index is 0.739. The third kappa shape index (κ3) is 2.44. The molecule has 112 valence electrons. The van der Waals surface area contributed by atoms with E-state index in [0.29, 0.717) is 0 Å². The van der Waals surface area contributed by atoms with Crippen molar-refractivity contribution in [3.8, 4) is 11.3 Å². The quantitative estimate of drug-likeness (QED) is 0.716. The lowest BCUT2D eigenvalue weighted by atomic mass is 10.1. The first-order chi connectivity index (χ1) is 10.8. The van der Waals surface area contributed by atoms with Gasteiger partial charge in [-0.15, -0.1) is 0 Å². The Bertz CT molecular complexity index is 788. The molecule has 4 rings (SSSR count). The summed E-state index contributed by atoms with van der Waals surface area (Å²) in [5.41, 5.74) is 3.08. The summed E-state index contributed by atoms with van der Waals surface area (Å²) in [6.07, 6.45) is 7.52. The summed E-state index contributed by atoms with van der Waals surface area (Å²) < 4.78 is 1.92. The molecule has 1 aliphatic heterocycles. The summed E-state index contributed by atoms with van der Waals surface area (Å²) in [6.45, 7) is 2.16. The van der Waals surface area contributed by atoms with Gasteiger partial charge >= 0.3 is 0 Å². The molecule has 0 radical (unpaired) electrons. The molecule has 0 unspecified atom stereocenters. The van der Waals surface area contributed by atoms with Crippen molar-refractivity contribution in [3.63, 3.8) is 0 Å². The van der Waals surface area contributed by atoms with Gasteiger partial charge in [-0.2, -0.15) is 5.10 Å². The summed E-state index contributed by atoms with van der Waals surface area (Å²) >= 11 is 5.96. The lowest BCUT2D eigenvalue weighted by molar-refractivity contribution is 0.574. The Balaban J connectivity index is 1.78. The molecule has 1 aliphatic rings. The number of rotatable bonds is 2. The van der Waals surface area contributed by atoms with Gasteiger partial charge in [0.25, 0.3) is 0 Å². The van der Waals surface area contributed by atoms with E-state index in [9.17, 15) is 0 Å². The second-order valence-corrected chi connectivity index (χ2v) is 6.10. The minimum Gasteiger partial charge on any atom is -0.355 e. The topological polar surface area (TPSA) is 33.4 Å². The van der Waals surface area contributed by atoms with Crippen LogP contribution in [0.25, 0.3) is 16.8 Å². The van der Waals surface area contributed by atoms with Crippen LogP contribution in [0.4, 0.5) is 5.82 Å². The first-order valence-corrected chi connectivity index (χ1v) is 8.04. The van der Waals surface area contributed by atoms with Gasteiger partial charge in [-0.25, -0.2) is 9.50 Å². The van der Waals surface area contributed by atoms with E-state index in [-0.39, 0.29) is 0 Å². The maximum Gasteiger partial charge on any atom is 0.154 e. The first-order valence-electron chi connectivity index (χ1n) is 7.66. The Kier molecular flexibility index (Phi) is 3.47. The van der Waals surface area contributed by atoms with Crippen LogP contribution in [0.5, 0.6) is 0 Å². The van der Waals surface area contributed by atoms with Gasteiger partial charge in [0.2, 0.25) is 0 Å². The Morgan fingerprint density at radius 3 is 2.55 bits per heavy atom. The molecule has 0 amide bonds. The number of nitrogens with zero attached hydrogens (tertiary/aromatic N) is 4. The van der Waals surface area contributed by atoms with E-state index in [1.165, 1.54) is 19.3 Å². The standard InChI is InChI=1S/C17H17ClN4/c18-14-6-4-13(5-7-14)15-12-16-17(19-8-11-22(16)20-15)21-9-2-1-3-10-21/h4-8,11-12H,1-3,9-10H2. The monoisotopic (exact) mass is 312 g/mol. The Morgan fingerprint density at radius 2 is 1.77 bits per heavy atom. The van der Waals surface area contributed by atoms with Crippen LogP contribution in [0.2, 0.25) is 5.02 Å². The van der Waals surface area contributed by atoms with E-state index in [4.69, 9.17) is 11.6 Å². The summed E-state index contributed by atoms with van der Waals surface area (Å²) in [7, 11) is 0. The summed E-state index contributed by atoms with van der Waals surface area (Å²) in [5.74, 6) is 1.04. The van der Waals surface area contributed by atoms with Crippen molar-refractivity contribution in [2.24, 2.45) is 0 Å². The van der Waals surface area contributed by atoms with Crippen molar-refractivity contribution in [1.29, 1.82) is 0 Å². The van der Waals surface area contributed by atoms with E-state index in [1.807, 2.05) is 41.2 Å². The van der Waals surface area contributed by atoms with Crippen molar-refractivity contribution in [1.82, 2.24) is 14.6 Å².